The Balaban J connectivity index is 1.56. The van der Waals surface area contributed by atoms with Crippen LogP contribution in [0, 0.1) is 0 Å². The number of nitrogens with one attached hydrogen (secondary N) is 1. The number of hydrogen-bond acceptors (Lipinski definition) is 1. The van der Waals surface area contributed by atoms with Crippen LogP contribution in [0.1, 0.15) is 41.0 Å². The summed E-state index contributed by atoms with van der Waals surface area (Å²) in [6, 6.07) is 18.3. The Morgan fingerprint density at radius 1 is 0.950 bits per heavy atom. The molecule has 20 heavy (non-hydrogen) atoms. The molecule has 0 aromatic heterocycles. The average Bonchev–Trinajstić information content (AvgIpc) is 3.32. The van der Waals surface area contributed by atoms with Crippen LogP contribution in [0.15, 0.2) is 48.5 Å². The van der Waals surface area contributed by atoms with Crippen LogP contribution in [0.25, 0.3) is 0 Å². The molecule has 1 fully saturated rings. The van der Waals surface area contributed by atoms with Gasteiger partial charge in [0.25, 0.3) is 0 Å². The molecule has 2 aromatic rings. The summed E-state index contributed by atoms with van der Waals surface area (Å²) in [5.74, 6) is 0.862. The molecule has 1 saturated carbocycles. The Bertz CT molecular complexity index is 598. The van der Waals surface area contributed by atoms with Crippen LogP contribution in [0.2, 0.25) is 0 Å². The first kappa shape index (κ1) is 12.2. The molecule has 2 aliphatic rings. The fourth-order valence-corrected chi connectivity index (χ4v) is 3.46. The Kier molecular flexibility index (Phi) is 3.08. The van der Waals surface area contributed by atoms with Crippen molar-refractivity contribution in [3.8, 4) is 0 Å². The van der Waals surface area contributed by atoms with Gasteiger partial charge in [-0.3, -0.25) is 0 Å². The van der Waals surface area contributed by atoms with Crippen molar-refractivity contribution in [1.82, 2.24) is 5.32 Å². The molecule has 1 nitrogen and oxygen atoms in total. The molecule has 1 atom stereocenters. The molecule has 1 N–H and O–H groups in total. The molecule has 2 aromatic carbocycles. The molecular weight excluding hydrogens is 242 g/mol. The first-order valence-corrected chi connectivity index (χ1v) is 7.78. The van der Waals surface area contributed by atoms with E-state index in [2.05, 4.69) is 53.8 Å². The third kappa shape index (κ3) is 2.38. The maximum atomic E-state index is 3.71. The van der Waals surface area contributed by atoms with Gasteiger partial charge in [0.15, 0.2) is 0 Å². The van der Waals surface area contributed by atoms with Crippen molar-refractivity contribution in [2.75, 3.05) is 0 Å². The second-order valence-corrected chi connectivity index (χ2v) is 6.23. The fourth-order valence-electron chi connectivity index (χ4n) is 3.46. The lowest BCUT2D eigenvalue weighted by atomic mass is 9.87. The lowest BCUT2D eigenvalue weighted by Gasteiger charge is -2.28. The monoisotopic (exact) mass is 263 g/mol. The number of hydrogen-bond donors (Lipinski definition) is 1. The largest absolute Gasteiger partial charge is 0.309 e. The number of benzene rings is 2. The Morgan fingerprint density at radius 2 is 1.80 bits per heavy atom. The van der Waals surface area contributed by atoms with Crippen LogP contribution in [0.3, 0.4) is 0 Å². The minimum Gasteiger partial charge on any atom is -0.309 e. The highest BCUT2D eigenvalue weighted by atomic mass is 14.9. The van der Waals surface area contributed by atoms with Gasteiger partial charge in [-0.05, 0) is 53.9 Å². The highest BCUT2D eigenvalue weighted by Gasteiger charge is 2.29. The normalized spacial score (nSPS) is 21.5. The van der Waals surface area contributed by atoms with Crippen molar-refractivity contribution < 1.29 is 0 Å². The highest BCUT2D eigenvalue weighted by Crippen LogP contribution is 2.43. The van der Waals surface area contributed by atoms with Crippen LogP contribution >= 0.6 is 0 Å². The Hall–Kier alpha value is -1.60. The van der Waals surface area contributed by atoms with Crippen molar-refractivity contribution in [2.45, 2.75) is 44.2 Å². The summed E-state index contributed by atoms with van der Waals surface area (Å²) < 4.78 is 0. The lowest BCUT2D eigenvalue weighted by Crippen LogP contribution is -2.37. The summed E-state index contributed by atoms with van der Waals surface area (Å²) in [5.41, 5.74) is 6.26. The summed E-state index contributed by atoms with van der Waals surface area (Å²) in [6.45, 7) is 1.04. The van der Waals surface area contributed by atoms with E-state index in [0.717, 1.165) is 18.9 Å². The molecule has 1 heterocycles. The van der Waals surface area contributed by atoms with E-state index in [1.54, 1.807) is 11.1 Å². The first-order valence-electron chi connectivity index (χ1n) is 7.78. The molecule has 102 valence electrons. The van der Waals surface area contributed by atoms with Crippen LogP contribution in [0.5, 0.6) is 0 Å². The average molecular weight is 263 g/mol. The van der Waals surface area contributed by atoms with Gasteiger partial charge in [0.2, 0.25) is 0 Å². The van der Waals surface area contributed by atoms with Crippen molar-refractivity contribution >= 4 is 0 Å². The molecule has 1 heteroatoms. The standard InChI is InChI=1S/C19H21N/c1-2-5-14(6-3-1)11-17-12-19-16(13-20-17)7-4-8-18(19)15-9-10-15/h1-8,15,17,20H,9-13H2. The molecule has 1 aliphatic heterocycles. The van der Waals surface area contributed by atoms with Crippen molar-refractivity contribution in [1.29, 1.82) is 0 Å². The van der Waals surface area contributed by atoms with E-state index >= 15 is 0 Å². The summed E-state index contributed by atoms with van der Waals surface area (Å²) in [5, 5.41) is 3.71. The van der Waals surface area contributed by atoms with E-state index in [4.69, 9.17) is 0 Å². The molecule has 1 unspecified atom stereocenters. The smallest absolute Gasteiger partial charge is 0.0211 e. The van der Waals surface area contributed by atoms with E-state index in [1.807, 2.05) is 0 Å². The maximum Gasteiger partial charge on any atom is 0.0211 e. The van der Waals surface area contributed by atoms with E-state index in [0.29, 0.717) is 6.04 Å². The van der Waals surface area contributed by atoms with Crippen molar-refractivity contribution in [3.05, 3.63) is 70.8 Å². The topological polar surface area (TPSA) is 12.0 Å². The zero-order valence-corrected chi connectivity index (χ0v) is 11.8. The zero-order valence-electron chi connectivity index (χ0n) is 11.8. The van der Waals surface area contributed by atoms with Crippen LogP contribution in [0.4, 0.5) is 0 Å². The van der Waals surface area contributed by atoms with Crippen LogP contribution in [-0.4, -0.2) is 6.04 Å². The Labute approximate surface area is 121 Å². The highest BCUT2D eigenvalue weighted by molar-refractivity contribution is 5.41. The molecule has 1 aliphatic carbocycles. The van der Waals surface area contributed by atoms with E-state index in [-0.39, 0.29) is 0 Å². The fraction of sp³-hybridized carbons (Fsp3) is 0.368. The quantitative estimate of drug-likeness (QED) is 0.887. The summed E-state index contributed by atoms with van der Waals surface area (Å²) in [4.78, 5) is 0. The zero-order chi connectivity index (χ0) is 13.4. The van der Waals surface area contributed by atoms with Gasteiger partial charge in [-0.25, -0.2) is 0 Å². The first-order chi connectivity index (χ1) is 9.90. The predicted molar refractivity (Wildman–Crippen MR) is 82.9 cm³/mol. The second-order valence-electron chi connectivity index (χ2n) is 6.23. The second kappa shape index (κ2) is 5.06. The molecule has 0 spiro atoms. The minimum atomic E-state index is 0.588. The predicted octanol–water partition coefficient (Wildman–Crippen LogP) is 3.82. The molecular formula is C19H21N. The van der Waals surface area contributed by atoms with Gasteiger partial charge in [0, 0.05) is 12.6 Å². The van der Waals surface area contributed by atoms with Crippen molar-refractivity contribution in [3.63, 3.8) is 0 Å². The van der Waals surface area contributed by atoms with Gasteiger partial charge >= 0.3 is 0 Å². The van der Waals surface area contributed by atoms with Gasteiger partial charge < -0.3 is 5.32 Å². The molecule has 4 rings (SSSR count). The third-order valence-electron chi connectivity index (χ3n) is 4.68. The molecule has 0 bridgehead atoms. The minimum absolute atomic E-state index is 0.588. The van der Waals surface area contributed by atoms with Gasteiger partial charge in [0.05, 0.1) is 0 Å². The SMILES string of the molecule is c1ccc(CC2Cc3c(cccc3C3CC3)CN2)cc1. The molecule has 0 radical (unpaired) electrons. The van der Waals surface area contributed by atoms with Crippen LogP contribution < -0.4 is 5.32 Å². The van der Waals surface area contributed by atoms with Gasteiger partial charge in [-0.2, -0.15) is 0 Å². The van der Waals surface area contributed by atoms with E-state index < -0.39 is 0 Å². The molecule has 0 saturated heterocycles. The molecule has 0 amide bonds. The summed E-state index contributed by atoms with van der Waals surface area (Å²) >= 11 is 0. The van der Waals surface area contributed by atoms with Gasteiger partial charge in [-0.1, -0.05) is 48.5 Å². The Morgan fingerprint density at radius 3 is 2.60 bits per heavy atom. The summed E-state index contributed by atoms with van der Waals surface area (Å²) in [6.07, 6.45) is 5.12. The van der Waals surface area contributed by atoms with Crippen LogP contribution in [-0.2, 0) is 19.4 Å². The van der Waals surface area contributed by atoms with E-state index in [1.165, 1.54) is 30.4 Å². The van der Waals surface area contributed by atoms with Gasteiger partial charge in [0.1, 0.15) is 0 Å². The number of rotatable bonds is 3. The van der Waals surface area contributed by atoms with Crippen molar-refractivity contribution in [2.24, 2.45) is 0 Å². The van der Waals surface area contributed by atoms with Gasteiger partial charge in [-0.15, -0.1) is 0 Å². The number of fused-ring (bicyclic) bond motifs is 1. The third-order valence-corrected chi connectivity index (χ3v) is 4.68. The van der Waals surface area contributed by atoms with E-state index in [9.17, 15) is 0 Å². The summed E-state index contributed by atoms with van der Waals surface area (Å²) in [7, 11) is 0. The lowest BCUT2D eigenvalue weighted by molar-refractivity contribution is 0.475. The maximum absolute atomic E-state index is 3.71.